The van der Waals surface area contributed by atoms with Crippen molar-refractivity contribution in [2.45, 2.75) is 30.4 Å². The highest BCUT2D eigenvalue weighted by molar-refractivity contribution is 9.10. The Bertz CT molecular complexity index is 537. The van der Waals surface area contributed by atoms with Crippen molar-refractivity contribution >= 4 is 26.0 Å². The van der Waals surface area contributed by atoms with Crippen molar-refractivity contribution in [2.24, 2.45) is 0 Å². The molecule has 108 valence electrons. The summed E-state index contributed by atoms with van der Waals surface area (Å²) in [7, 11) is -2.09. The maximum atomic E-state index is 12.6. The molecule has 0 aliphatic heterocycles. The molecule has 1 aliphatic carbocycles. The van der Waals surface area contributed by atoms with Crippen LogP contribution in [0.1, 0.15) is 18.6 Å². The number of aliphatic hydroxyl groups is 1. The standard InChI is InChI=1S/C11H16BrNO5S/c1-17-5-4-13(8-2-3-8)19(15,16)10-6-9(7-14)18-11(10)12/h6,8,14H,2-5,7H2,1H3. The summed E-state index contributed by atoms with van der Waals surface area (Å²) in [6.07, 6.45) is 1.73. The molecule has 1 aliphatic rings. The van der Waals surface area contributed by atoms with Crippen LogP contribution in [0.15, 0.2) is 20.0 Å². The minimum Gasteiger partial charge on any atom is -0.450 e. The Balaban J connectivity index is 2.30. The van der Waals surface area contributed by atoms with Crippen molar-refractivity contribution in [1.82, 2.24) is 4.31 Å². The van der Waals surface area contributed by atoms with E-state index < -0.39 is 10.0 Å². The second-order valence-electron chi connectivity index (χ2n) is 4.35. The number of ether oxygens (including phenoxy) is 1. The average Bonchev–Trinajstić information content (AvgIpc) is 3.11. The summed E-state index contributed by atoms with van der Waals surface area (Å²) >= 11 is 3.08. The first-order chi connectivity index (χ1) is 9.00. The van der Waals surface area contributed by atoms with Gasteiger partial charge in [0.05, 0.1) is 6.61 Å². The van der Waals surface area contributed by atoms with Crippen molar-refractivity contribution in [3.8, 4) is 0 Å². The lowest BCUT2D eigenvalue weighted by Gasteiger charge is -2.20. The fourth-order valence-corrected chi connectivity index (χ4v) is 4.45. The molecule has 0 spiro atoms. The summed E-state index contributed by atoms with van der Waals surface area (Å²) in [5.74, 6) is 0.216. The third-order valence-electron chi connectivity index (χ3n) is 2.92. The molecule has 1 fully saturated rings. The van der Waals surface area contributed by atoms with Crippen molar-refractivity contribution in [3.05, 3.63) is 16.5 Å². The van der Waals surface area contributed by atoms with Gasteiger partial charge in [-0.1, -0.05) is 0 Å². The maximum Gasteiger partial charge on any atom is 0.247 e. The van der Waals surface area contributed by atoms with Gasteiger partial charge in [-0.15, -0.1) is 0 Å². The van der Waals surface area contributed by atoms with Crippen LogP contribution in [0.4, 0.5) is 0 Å². The van der Waals surface area contributed by atoms with E-state index >= 15 is 0 Å². The van der Waals surface area contributed by atoms with E-state index in [0.29, 0.717) is 13.2 Å². The highest BCUT2D eigenvalue weighted by Gasteiger charge is 2.39. The molecule has 1 N–H and O–H groups in total. The van der Waals surface area contributed by atoms with Crippen LogP contribution in [0, 0.1) is 0 Å². The Morgan fingerprint density at radius 2 is 2.26 bits per heavy atom. The molecule has 0 bridgehead atoms. The molecule has 0 unspecified atom stereocenters. The highest BCUT2D eigenvalue weighted by atomic mass is 79.9. The Morgan fingerprint density at radius 3 is 2.74 bits per heavy atom. The number of rotatable bonds is 7. The number of sulfonamides is 1. The molecule has 0 saturated heterocycles. The first-order valence-corrected chi connectivity index (χ1v) is 8.14. The van der Waals surface area contributed by atoms with Crippen molar-refractivity contribution in [3.63, 3.8) is 0 Å². The molecule has 1 aromatic heterocycles. The molecule has 6 nitrogen and oxygen atoms in total. The first-order valence-electron chi connectivity index (χ1n) is 5.90. The lowest BCUT2D eigenvalue weighted by atomic mass is 10.5. The van der Waals surface area contributed by atoms with Gasteiger partial charge in [0, 0.05) is 25.8 Å². The zero-order valence-electron chi connectivity index (χ0n) is 10.5. The molecule has 0 atom stereocenters. The van der Waals surface area contributed by atoms with Gasteiger partial charge >= 0.3 is 0 Å². The van der Waals surface area contributed by atoms with E-state index in [1.165, 1.54) is 17.5 Å². The number of hydrogen-bond donors (Lipinski definition) is 1. The average molecular weight is 354 g/mol. The van der Waals surface area contributed by atoms with E-state index in [9.17, 15) is 8.42 Å². The van der Waals surface area contributed by atoms with Gasteiger partial charge in [0.2, 0.25) is 10.0 Å². The zero-order chi connectivity index (χ0) is 14.0. The quantitative estimate of drug-likeness (QED) is 0.799. The Morgan fingerprint density at radius 1 is 1.58 bits per heavy atom. The lowest BCUT2D eigenvalue weighted by Crippen LogP contribution is -2.35. The Hall–Kier alpha value is -0.410. The number of aliphatic hydroxyl groups excluding tert-OH is 1. The third-order valence-corrected chi connectivity index (χ3v) is 5.73. The second-order valence-corrected chi connectivity index (χ2v) is 6.93. The van der Waals surface area contributed by atoms with Gasteiger partial charge in [-0.05, 0) is 28.8 Å². The van der Waals surface area contributed by atoms with Crippen molar-refractivity contribution in [2.75, 3.05) is 20.3 Å². The van der Waals surface area contributed by atoms with Crippen LogP contribution in [0.5, 0.6) is 0 Å². The summed E-state index contributed by atoms with van der Waals surface area (Å²) in [5.41, 5.74) is 0. The molecule has 1 saturated carbocycles. The molecule has 0 aromatic carbocycles. The van der Waals surface area contributed by atoms with Gasteiger partial charge in [0.1, 0.15) is 17.3 Å². The molecule has 1 aromatic rings. The van der Waals surface area contributed by atoms with Crippen LogP contribution < -0.4 is 0 Å². The van der Waals surface area contributed by atoms with Crippen LogP contribution in [0.2, 0.25) is 0 Å². The predicted molar refractivity (Wildman–Crippen MR) is 71.1 cm³/mol. The summed E-state index contributed by atoms with van der Waals surface area (Å²) in [6, 6.07) is 1.39. The fraction of sp³-hybridized carbons (Fsp3) is 0.636. The lowest BCUT2D eigenvalue weighted by molar-refractivity contribution is 0.177. The van der Waals surface area contributed by atoms with Crippen LogP contribution in [0.25, 0.3) is 0 Å². The van der Waals surface area contributed by atoms with Gasteiger partial charge in [-0.2, -0.15) is 4.31 Å². The number of halogens is 1. The molecule has 0 radical (unpaired) electrons. The topological polar surface area (TPSA) is 80.0 Å². The maximum absolute atomic E-state index is 12.6. The second kappa shape index (κ2) is 5.92. The number of methoxy groups -OCH3 is 1. The predicted octanol–water partition coefficient (Wildman–Crippen LogP) is 1.33. The highest BCUT2D eigenvalue weighted by Crippen LogP contribution is 2.35. The summed E-state index contributed by atoms with van der Waals surface area (Å²) in [4.78, 5) is 0.0551. The smallest absolute Gasteiger partial charge is 0.247 e. The Kier molecular flexibility index (Phi) is 4.67. The van der Waals surface area contributed by atoms with E-state index in [2.05, 4.69) is 15.9 Å². The van der Waals surface area contributed by atoms with Gasteiger partial charge in [-0.25, -0.2) is 8.42 Å². The van der Waals surface area contributed by atoms with Crippen LogP contribution in [-0.2, 0) is 21.4 Å². The van der Waals surface area contributed by atoms with Gasteiger partial charge < -0.3 is 14.3 Å². The van der Waals surface area contributed by atoms with Crippen molar-refractivity contribution in [1.29, 1.82) is 0 Å². The Labute approximate surface area is 120 Å². The third kappa shape index (κ3) is 3.19. The van der Waals surface area contributed by atoms with Crippen molar-refractivity contribution < 1.29 is 22.7 Å². The van der Waals surface area contributed by atoms with E-state index in [0.717, 1.165) is 12.8 Å². The fourth-order valence-electron chi connectivity index (χ4n) is 1.82. The molecule has 1 heterocycles. The minimum absolute atomic E-state index is 0.0412. The van der Waals surface area contributed by atoms with Crippen LogP contribution in [-0.4, -0.2) is 44.1 Å². The number of furan rings is 1. The van der Waals surface area contributed by atoms with Crippen LogP contribution >= 0.6 is 15.9 Å². The molecule has 2 rings (SSSR count). The monoisotopic (exact) mass is 353 g/mol. The summed E-state index contributed by atoms with van der Waals surface area (Å²) in [5, 5.41) is 9.00. The van der Waals surface area contributed by atoms with Gasteiger partial charge in [0.15, 0.2) is 4.67 Å². The zero-order valence-corrected chi connectivity index (χ0v) is 12.9. The number of hydrogen-bond acceptors (Lipinski definition) is 5. The number of nitrogens with zero attached hydrogens (tertiary/aromatic N) is 1. The van der Waals surface area contributed by atoms with E-state index in [4.69, 9.17) is 14.3 Å². The van der Waals surface area contributed by atoms with E-state index in [-0.39, 0.29) is 28.0 Å². The summed E-state index contributed by atoms with van der Waals surface area (Å²) in [6.45, 7) is 0.323. The molecule has 0 amide bonds. The minimum atomic E-state index is -3.63. The molecule has 8 heteroatoms. The van der Waals surface area contributed by atoms with Gasteiger partial charge in [0.25, 0.3) is 0 Å². The molecular weight excluding hydrogens is 338 g/mol. The van der Waals surface area contributed by atoms with E-state index in [1.54, 1.807) is 0 Å². The van der Waals surface area contributed by atoms with Crippen LogP contribution in [0.3, 0.4) is 0 Å². The summed E-state index contributed by atoms with van der Waals surface area (Å²) < 4.78 is 36.8. The molecule has 19 heavy (non-hydrogen) atoms. The van der Waals surface area contributed by atoms with Gasteiger partial charge in [-0.3, -0.25) is 0 Å². The van der Waals surface area contributed by atoms with E-state index in [1.807, 2.05) is 0 Å². The normalized spacial score (nSPS) is 16.2. The largest absolute Gasteiger partial charge is 0.450 e. The SMILES string of the molecule is COCCN(C1CC1)S(=O)(=O)c1cc(CO)oc1Br. The first kappa shape index (κ1) is 15.0. The molecular formula is C11H16BrNO5S.